The number of nitrogens with zero attached hydrogens (tertiary/aromatic N) is 2. The van der Waals surface area contributed by atoms with Crippen LogP contribution in [0.25, 0.3) is 0 Å². The standard InChI is InChI=1S/C25H48N2/c1-9-27-22-10-13-25(27,17-21(16-22)23(4,5)6)18-24(7,8)20-11-14-26(15-12-20)19(2)3/h19-22H,9-18H2,1-8H3. The van der Waals surface area contributed by atoms with E-state index in [9.17, 15) is 0 Å². The molecule has 158 valence electrons. The number of fused-ring (bicyclic) bond motifs is 2. The predicted octanol–water partition coefficient (Wildman–Crippen LogP) is 6.20. The molecule has 0 spiro atoms. The molecule has 3 fully saturated rings. The molecule has 0 aromatic carbocycles. The summed E-state index contributed by atoms with van der Waals surface area (Å²) in [6, 6.07) is 1.57. The molecule has 2 nitrogen and oxygen atoms in total. The lowest BCUT2D eigenvalue weighted by molar-refractivity contribution is -0.0440. The SMILES string of the molecule is CCN1C2CCC1(CC(C)(C)C1CCN(C(C)C)CC1)CC(C(C)(C)C)C2. The smallest absolute Gasteiger partial charge is 0.0221 e. The van der Waals surface area contributed by atoms with Crippen molar-refractivity contribution in [2.24, 2.45) is 22.7 Å². The van der Waals surface area contributed by atoms with Gasteiger partial charge in [-0.15, -0.1) is 0 Å². The molecular weight excluding hydrogens is 328 g/mol. The molecule has 0 aromatic rings. The van der Waals surface area contributed by atoms with Crippen molar-refractivity contribution >= 4 is 0 Å². The lowest BCUT2D eigenvalue weighted by Gasteiger charge is -2.54. The van der Waals surface area contributed by atoms with Crippen molar-refractivity contribution < 1.29 is 0 Å². The summed E-state index contributed by atoms with van der Waals surface area (Å²) in [6.45, 7) is 23.7. The highest BCUT2D eigenvalue weighted by molar-refractivity contribution is 5.09. The van der Waals surface area contributed by atoms with Crippen molar-refractivity contribution in [3.8, 4) is 0 Å². The second kappa shape index (κ2) is 7.63. The monoisotopic (exact) mass is 376 g/mol. The molecule has 2 heteroatoms. The van der Waals surface area contributed by atoms with Gasteiger partial charge >= 0.3 is 0 Å². The van der Waals surface area contributed by atoms with Gasteiger partial charge in [-0.25, -0.2) is 0 Å². The van der Waals surface area contributed by atoms with Crippen LogP contribution in [0.1, 0.15) is 100 Å². The highest BCUT2D eigenvalue weighted by atomic mass is 15.3. The predicted molar refractivity (Wildman–Crippen MR) is 118 cm³/mol. The Hall–Kier alpha value is -0.0800. The van der Waals surface area contributed by atoms with Crippen molar-refractivity contribution in [2.45, 2.75) is 118 Å². The van der Waals surface area contributed by atoms with Gasteiger partial charge in [-0.2, -0.15) is 0 Å². The van der Waals surface area contributed by atoms with E-state index in [1.165, 1.54) is 64.6 Å². The Morgan fingerprint density at radius 3 is 2.11 bits per heavy atom. The molecule has 0 amide bonds. The number of likely N-dealkylation sites (tertiary alicyclic amines) is 1. The van der Waals surface area contributed by atoms with Crippen LogP contribution in [-0.4, -0.2) is 47.1 Å². The molecular formula is C25H48N2. The molecule has 0 aromatic heterocycles. The number of hydrogen-bond acceptors (Lipinski definition) is 2. The zero-order valence-electron chi connectivity index (χ0n) is 19.8. The van der Waals surface area contributed by atoms with Gasteiger partial charge in [0.25, 0.3) is 0 Å². The maximum atomic E-state index is 2.96. The van der Waals surface area contributed by atoms with Gasteiger partial charge in [0.1, 0.15) is 0 Å². The Kier molecular flexibility index (Phi) is 6.11. The van der Waals surface area contributed by atoms with Gasteiger partial charge in [0.05, 0.1) is 0 Å². The Balaban J connectivity index is 1.75. The minimum absolute atomic E-state index is 0.459. The molecule has 3 unspecified atom stereocenters. The summed E-state index contributed by atoms with van der Waals surface area (Å²) in [7, 11) is 0. The van der Waals surface area contributed by atoms with Gasteiger partial charge in [0.2, 0.25) is 0 Å². The van der Waals surface area contributed by atoms with E-state index in [4.69, 9.17) is 0 Å². The fourth-order valence-corrected chi connectivity index (χ4v) is 7.16. The number of piperidine rings is 2. The first-order chi connectivity index (χ1) is 12.5. The fraction of sp³-hybridized carbons (Fsp3) is 1.00. The van der Waals surface area contributed by atoms with Crippen LogP contribution in [0.5, 0.6) is 0 Å². The highest BCUT2D eigenvalue weighted by Crippen LogP contribution is 2.56. The van der Waals surface area contributed by atoms with E-state index in [1.807, 2.05) is 0 Å². The van der Waals surface area contributed by atoms with Gasteiger partial charge in [-0.05, 0) is 101 Å². The highest BCUT2D eigenvalue weighted by Gasteiger charge is 2.55. The maximum Gasteiger partial charge on any atom is 0.0221 e. The van der Waals surface area contributed by atoms with E-state index in [2.05, 4.69) is 65.2 Å². The molecule has 3 atom stereocenters. The minimum Gasteiger partial charge on any atom is -0.301 e. The van der Waals surface area contributed by atoms with E-state index in [0.29, 0.717) is 22.4 Å². The van der Waals surface area contributed by atoms with Crippen LogP contribution in [0, 0.1) is 22.7 Å². The molecule has 3 saturated heterocycles. The molecule has 0 N–H and O–H groups in total. The Labute approximate surface area is 170 Å². The van der Waals surface area contributed by atoms with E-state index < -0.39 is 0 Å². The molecule has 3 aliphatic heterocycles. The van der Waals surface area contributed by atoms with Crippen LogP contribution in [0.2, 0.25) is 0 Å². The molecule has 3 rings (SSSR count). The Bertz CT molecular complexity index is 495. The lowest BCUT2D eigenvalue weighted by atomic mass is 9.62. The third kappa shape index (κ3) is 4.27. The topological polar surface area (TPSA) is 6.48 Å². The first-order valence-corrected chi connectivity index (χ1v) is 12.0. The molecule has 3 heterocycles. The molecule has 3 aliphatic rings. The van der Waals surface area contributed by atoms with Gasteiger partial charge in [0.15, 0.2) is 0 Å². The van der Waals surface area contributed by atoms with Crippen LogP contribution in [-0.2, 0) is 0 Å². The fourth-order valence-electron chi connectivity index (χ4n) is 7.16. The third-order valence-electron chi connectivity index (χ3n) is 8.89. The van der Waals surface area contributed by atoms with Crippen LogP contribution >= 0.6 is 0 Å². The molecule has 27 heavy (non-hydrogen) atoms. The minimum atomic E-state index is 0.459. The Morgan fingerprint density at radius 2 is 1.59 bits per heavy atom. The zero-order chi connectivity index (χ0) is 20.0. The first kappa shape index (κ1) is 21.6. The molecule has 0 saturated carbocycles. The van der Waals surface area contributed by atoms with Crippen molar-refractivity contribution in [2.75, 3.05) is 19.6 Å². The average molecular weight is 377 g/mol. The first-order valence-electron chi connectivity index (χ1n) is 12.0. The maximum absolute atomic E-state index is 2.96. The average Bonchev–Trinajstić information content (AvgIpc) is 2.77. The zero-order valence-corrected chi connectivity index (χ0v) is 19.8. The van der Waals surface area contributed by atoms with E-state index in [-0.39, 0.29) is 0 Å². The van der Waals surface area contributed by atoms with E-state index in [0.717, 1.165) is 17.9 Å². The Morgan fingerprint density at radius 1 is 0.963 bits per heavy atom. The quantitative estimate of drug-likeness (QED) is 0.563. The van der Waals surface area contributed by atoms with Crippen LogP contribution in [0.4, 0.5) is 0 Å². The van der Waals surface area contributed by atoms with Gasteiger partial charge < -0.3 is 4.90 Å². The number of rotatable bonds is 5. The van der Waals surface area contributed by atoms with Crippen LogP contribution in [0.3, 0.4) is 0 Å². The van der Waals surface area contributed by atoms with Crippen molar-refractivity contribution in [3.63, 3.8) is 0 Å². The van der Waals surface area contributed by atoms with E-state index >= 15 is 0 Å². The summed E-state index contributed by atoms with van der Waals surface area (Å²) in [5.74, 6) is 1.79. The van der Waals surface area contributed by atoms with Crippen LogP contribution in [0.15, 0.2) is 0 Å². The van der Waals surface area contributed by atoms with Crippen molar-refractivity contribution in [1.29, 1.82) is 0 Å². The summed E-state index contributed by atoms with van der Waals surface area (Å²) in [4.78, 5) is 5.64. The van der Waals surface area contributed by atoms with E-state index in [1.54, 1.807) is 0 Å². The van der Waals surface area contributed by atoms with Crippen molar-refractivity contribution in [1.82, 2.24) is 9.80 Å². The summed E-state index contributed by atoms with van der Waals surface area (Å²) in [5, 5.41) is 0. The van der Waals surface area contributed by atoms with Gasteiger partial charge in [-0.3, -0.25) is 4.90 Å². The summed E-state index contributed by atoms with van der Waals surface area (Å²) >= 11 is 0. The summed E-state index contributed by atoms with van der Waals surface area (Å²) in [6.07, 6.45) is 10.00. The second-order valence-electron chi connectivity index (χ2n) is 12.3. The summed E-state index contributed by atoms with van der Waals surface area (Å²) in [5.41, 5.74) is 1.40. The normalized spacial score (nSPS) is 34.6. The molecule has 0 aliphatic carbocycles. The largest absolute Gasteiger partial charge is 0.301 e. The second-order valence-corrected chi connectivity index (χ2v) is 12.3. The van der Waals surface area contributed by atoms with Gasteiger partial charge in [-0.1, -0.05) is 41.5 Å². The van der Waals surface area contributed by atoms with Crippen LogP contribution < -0.4 is 0 Å². The number of hydrogen-bond donors (Lipinski definition) is 0. The van der Waals surface area contributed by atoms with Crippen molar-refractivity contribution in [3.05, 3.63) is 0 Å². The third-order valence-corrected chi connectivity index (χ3v) is 8.89. The lowest BCUT2D eigenvalue weighted by Crippen LogP contribution is -2.56. The summed E-state index contributed by atoms with van der Waals surface area (Å²) < 4.78 is 0. The molecule has 0 radical (unpaired) electrons. The molecule has 2 bridgehead atoms. The van der Waals surface area contributed by atoms with Gasteiger partial charge in [0, 0.05) is 17.6 Å².